The lowest BCUT2D eigenvalue weighted by Gasteiger charge is -2.33. The van der Waals surface area contributed by atoms with Crippen LogP contribution in [0.4, 0.5) is 16.3 Å². The fourth-order valence-electron chi connectivity index (χ4n) is 3.16. The predicted molar refractivity (Wildman–Crippen MR) is 93.4 cm³/mol. The molecule has 1 unspecified atom stereocenters. The van der Waals surface area contributed by atoms with Crippen LogP contribution in [0.25, 0.3) is 0 Å². The molecule has 3 heterocycles. The van der Waals surface area contributed by atoms with Crippen molar-refractivity contribution >= 4 is 29.4 Å². The molecule has 1 fully saturated rings. The number of pyridine rings is 1. The number of carbonyl (C=O) groups excluding carboxylic acids is 1. The Morgan fingerprint density at radius 2 is 2.08 bits per heavy atom. The van der Waals surface area contributed by atoms with Crippen LogP contribution >= 0.6 is 11.8 Å². The molecular weight excluding hydrogens is 322 g/mol. The zero-order valence-corrected chi connectivity index (χ0v) is 14.3. The minimum Gasteiger partial charge on any atom is -0.350 e. The first-order valence-electron chi connectivity index (χ1n) is 8.21. The number of benzene rings is 1. The predicted octanol–water partition coefficient (Wildman–Crippen LogP) is 4.47. The van der Waals surface area contributed by atoms with Gasteiger partial charge in [-0.3, -0.25) is 0 Å². The van der Waals surface area contributed by atoms with Crippen molar-refractivity contribution in [2.75, 3.05) is 18.0 Å². The van der Waals surface area contributed by atoms with Gasteiger partial charge >= 0.3 is 6.09 Å². The van der Waals surface area contributed by atoms with Gasteiger partial charge in [0.05, 0.1) is 10.6 Å². The molecule has 0 spiro atoms. The molecular formula is C18H19N3O2S. The lowest BCUT2D eigenvalue weighted by Crippen LogP contribution is -2.40. The van der Waals surface area contributed by atoms with Gasteiger partial charge in [0.2, 0.25) is 0 Å². The first kappa shape index (κ1) is 15.5. The SMILES string of the molecule is CC1CCCN(OC(=O)N2c3ccccc3Sc3cccnc32)C1. The molecule has 1 aromatic carbocycles. The third-order valence-electron chi connectivity index (χ3n) is 4.30. The summed E-state index contributed by atoms with van der Waals surface area (Å²) in [7, 11) is 0. The van der Waals surface area contributed by atoms with Crippen LogP contribution < -0.4 is 4.90 Å². The summed E-state index contributed by atoms with van der Waals surface area (Å²) in [5.41, 5.74) is 0.823. The van der Waals surface area contributed by atoms with E-state index in [9.17, 15) is 4.79 Å². The van der Waals surface area contributed by atoms with Crippen LogP contribution in [0, 0.1) is 5.92 Å². The average molecular weight is 341 g/mol. The summed E-state index contributed by atoms with van der Waals surface area (Å²) in [6.07, 6.45) is 3.55. The highest BCUT2D eigenvalue weighted by Gasteiger charge is 2.32. The van der Waals surface area contributed by atoms with E-state index >= 15 is 0 Å². The molecule has 2 aromatic rings. The third kappa shape index (κ3) is 2.87. The van der Waals surface area contributed by atoms with E-state index in [2.05, 4.69) is 11.9 Å². The minimum absolute atomic E-state index is 0.392. The molecule has 0 radical (unpaired) electrons. The largest absolute Gasteiger partial charge is 0.439 e. The molecule has 24 heavy (non-hydrogen) atoms. The second kappa shape index (κ2) is 6.45. The molecule has 2 aliphatic rings. The standard InChI is InChI=1S/C18H19N3O2S/c1-13-6-5-11-20(12-13)23-18(22)21-14-7-2-3-8-15(14)24-16-9-4-10-19-17(16)21/h2-4,7-10,13H,5-6,11-12H2,1H3. The highest BCUT2D eigenvalue weighted by atomic mass is 32.2. The minimum atomic E-state index is -0.392. The number of para-hydroxylation sites is 1. The van der Waals surface area contributed by atoms with E-state index in [1.54, 1.807) is 27.9 Å². The Bertz CT molecular complexity index is 722. The summed E-state index contributed by atoms with van der Waals surface area (Å²) in [6.45, 7) is 3.75. The molecule has 1 amide bonds. The fourth-order valence-corrected chi connectivity index (χ4v) is 4.19. The molecule has 0 aliphatic carbocycles. The number of amides is 1. The number of hydrogen-bond donors (Lipinski definition) is 0. The lowest BCUT2D eigenvalue weighted by atomic mass is 10.0. The van der Waals surface area contributed by atoms with Gasteiger partial charge in [-0.15, -0.1) is 5.06 Å². The molecule has 0 bridgehead atoms. The Hall–Kier alpha value is -2.05. The van der Waals surface area contributed by atoms with Crippen molar-refractivity contribution in [3.8, 4) is 0 Å². The Labute approximate surface area is 145 Å². The average Bonchev–Trinajstić information content (AvgIpc) is 2.59. The van der Waals surface area contributed by atoms with Crippen LogP contribution in [0.1, 0.15) is 19.8 Å². The molecule has 0 N–H and O–H groups in total. The number of nitrogens with zero attached hydrogens (tertiary/aromatic N) is 3. The molecule has 6 heteroatoms. The summed E-state index contributed by atoms with van der Waals surface area (Å²) in [6, 6.07) is 11.7. The van der Waals surface area contributed by atoms with Crippen molar-refractivity contribution in [3.63, 3.8) is 0 Å². The van der Waals surface area contributed by atoms with Crippen LogP contribution in [-0.4, -0.2) is 29.2 Å². The zero-order valence-electron chi connectivity index (χ0n) is 13.5. The number of piperidine rings is 1. The summed E-state index contributed by atoms with van der Waals surface area (Å²) in [5.74, 6) is 1.18. The highest BCUT2D eigenvalue weighted by molar-refractivity contribution is 7.99. The number of anilines is 2. The van der Waals surface area contributed by atoms with E-state index in [0.29, 0.717) is 11.7 Å². The van der Waals surface area contributed by atoms with Crippen LogP contribution in [-0.2, 0) is 4.84 Å². The number of carbonyl (C=O) groups is 1. The van der Waals surface area contributed by atoms with Gasteiger partial charge in [0, 0.05) is 24.2 Å². The monoisotopic (exact) mass is 341 g/mol. The van der Waals surface area contributed by atoms with Gasteiger partial charge in [0.15, 0.2) is 5.82 Å². The summed E-state index contributed by atoms with van der Waals surface area (Å²) < 4.78 is 0. The van der Waals surface area contributed by atoms with Crippen molar-refractivity contribution in [1.82, 2.24) is 10.0 Å². The Morgan fingerprint density at radius 3 is 2.96 bits per heavy atom. The zero-order chi connectivity index (χ0) is 16.5. The van der Waals surface area contributed by atoms with Crippen molar-refractivity contribution in [3.05, 3.63) is 42.6 Å². The van der Waals surface area contributed by atoms with Gasteiger partial charge in [-0.1, -0.05) is 30.8 Å². The Kier molecular flexibility index (Phi) is 4.16. The second-order valence-corrected chi connectivity index (χ2v) is 7.31. The maximum absolute atomic E-state index is 12.9. The van der Waals surface area contributed by atoms with Gasteiger partial charge in [0.1, 0.15) is 0 Å². The lowest BCUT2D eigenvalue weighted by molar-refractivity contribution is -0.118. The fraction of sp³-hybridized carbons (Fsp3) is 0.333. The number of rotatable bonds is 1. The van der Waals surface area contributed by atoms with Gasteiger partial charge in [-0.25, -0.2) is 14.7 Å². The van der Waals surface area contributed by atoms with E-state index in [0.717, 1.165) is 35.0 Å². The Morgan fingerprint density at radius 1 is 1.25 bits per heavy atom. The summed E-state index contributed by atoms with van der Waals surface area (Å²) >= 11 is 1.62. The van der Waals surface area contributed by atoms with Crippen molar-refractivity contribution in [2.24, 2.45) is 5.92 Å². The molecule has 1 atom stereocenters. The van der Waals surface area contributed by atoms with Gasteiger partial charge < -0.3 is 4.84 Å². The maximum Gasteiger partial charge on any atom is 0.439 e. The number of aromatic nitrogens is 1. The summed E-state index contributed by atoms with van der Waals surface area (Å²) in [5, 5.41) is 1.78. The van der Waals surface area contributed by atoms with Gasteiger partial charge in [-0.05, 0) is 43.0 Å². The van der Waals surface area contributed by atoms with E-state index in [1.165, 1.54) is 6.42 Å². The number of fused-ring (bicyclic) bond motifs is 2. The molecule has 0 saturated carbocycles. The van der Waals surface area contributed by atoms with E-state index < -0.39 is 6.09 Å². The van der Waals surface area contributed by atoms with E-state index in [4.69, 9.17) is 4.84 Å². The molecule has 1 aromatic heterocycles. The summed E-state index contributed by atoms with van der Waals surface area (Å²) in [4.78, 5) is 26.6. The van der Waals surface area contributed by atoms with Crippen molar-refractivity contribution < 1.29 is 9.63 Å². The smallest absolute Gasteiger partial charge is 0.350 e. The van der Waals surface area contributed by atoms with Gasteiger partial charge in [0.25, 0.3) is 0 Å². The van der Waals surface area contributed by atoms with Crippen LogP contribution in [0.3, 0.4) is 0 Å². The molecule has 5 nitrogen and oxygen atoms in total. The molecule has 2 aliphatic heterocycles. The van der Waals surface area contributed by atoms with Crippen LogP contribution in [0.15, 0.2) is 52.4 Å². The van der Waals surface area contributed by atoms with Crippen LogP contribution in [0.5, 0.6) is 0 Å². The highest BCUT2D eigenvalue weighted by Crippen LogP contribution is 2.47. The topological polar surface area (TPSA) is 45.7 Å². The second-order valence-electron chi connectivity index (χ2n) is 6.22. The molecule has 1 saturated heterocycles. The molecule has 124 valence electrons. The first-order chi connectivity index (χ1) is 11.7. The van der Waals surface area contributed by atoms with Crippen molar-refractivity contribution in [1.29, 1.82) is 0 Å². The molecule has 4 rings (SSSR count). The van der Waals surface area contributed by atoms with E-state index in [1.807, 2.05) is 36.4 Å². The maximum atomic E-state index is 12.9. The van der Waals surface area contributed by atoms with Crippen molar-refractivity contribution in [2.45, 2.75) is 29.6 Å². The van der Waals surface area contributed by atoms with E-state index in [-0.39, 0.29) is 0 Å². The number of hydrogen-bond acceptors (Lipinski definition) is 5. The normalized spacial score (nSPS) is 20.2. The third-order valence-corrected chi connectivity index (χ3v) is 5.40. The van der Waals surface area contributed by atoms with Crippen LogP contribution in [0.2, 0.25) is 0 Å². The first-order valence-corrected chi connectivity index (χ1v) is 9.03. The number of hydroxylamine groups is 2. The van der Waals surface area contributed by atoms with Gasteiger partial charge in [-0.2, -0.15) is 0 Å². The quantitative estimate of drug-likeness (QED) is 0.766. The Balaban J connectivity index is 1.65.